The van der Waals surface area contributed by atoms with Crippen LogP contribution in [0.15, 0.2) is 9.53 Å². The Morgan fingerprint density at radius 3 is 1.10 bits per heavy atom. The second-order valence-corrected chi connectivity index (χ2v) is 12.5. The van der Waals surface area contributed by atoms with E-state index in [1.807, 2.05) is 0 Å². The zero-order valence-corrected chi connectivity index (χ0v) is 22.4. The van der Waals surface area contributed by atoms with Crippen LogP contribution < -0.4 is 11.5 Å². The van der Waals surface area contributed by atoms with Crippen LogP contribution in [-0.4, -0.2) is 46.3 Å². The summed E-state index contributed by atoms with van der Waals surface area (Å²) in [7, 11) is -7.39. The molecule has 30 heavy (non-hydrogen) atoms. The molecule has 0 spiro atoms. The van der Waals surface area contributed by atoms with E-state index >= 15 is 0 Å². The smallest absolute Gasteiger partial charge is 0.378 e. The van der Waals surface area contributed by atoms with Gasteiger partial charge in [-0.3, -0.25) is 18.1 Å². The molecule has 0 saturated heterocycles. The third kappa shape index (κ3) is 14.9. The Kier molecular flexibility index (Phi) is 14.1. The molecule has 0 aliphatic carbocycles. The third-order valence-corrected chi connectivity index (χ3v) is 8.19. The van der Waals surface area contributed by atoms with Gasteiger partial charge in [-0.1, -0.05) is 23.5 Å². The first-order chi connectivity index (χ1) is 13.7. The number of nitrogens with two attached hydrogens (primary N) is 2. The van der Waals surface area contributed by atoms with Gasteiger partial charge in [-0.2, -0.15) is 9.53 Å². The van der Waals surface area contributed by atoms with Crippen molar-refractivity contribution < 1.29 is 27.2 Å². The first-order valence-electron chi connectivity index (χ1n) is 9.57. The van der Waals surface area contributed by atoms with Gasteiger partial charge in [-0.25, -0.2) is 9.13 Å². The lowest BCUT2D eigenvalue weighted by atomic mass is 10.5. The van der Waals surface area contributed by atoms with E-state index in [0.717, 1.165) is 0 Å². The van der Waals surface area contributed by atoms with Crippen molar-refractivity contribution in [1.29, 1.82) is 0 Å². The lowest BCUT2D eigenvalue weighted by Crippen LogP contribution is -2.14. The largest absolute Gasteiger partial charge is 0.456 e. The Morgan fingerprint density at radius 2 is 0.900 bits per heavy atom. The number of hydrogen-bond acceptors (Lipinski definition) is 8. The summed E-state index contributed by atoms with van der Waals surface area (Å²) >= 11 is 2.34. The molecule has 0 amide bonds. The van der Waals surface area contributed by atoms with Crippen LogP contribution in [0.2, 0.25) is 0 Å². The third-order valence-electron chi connectivity index (χ3n) is 2.40. The first kappa shape index (κ1) is 29.9. The van der Waals surface area contributed by atoms with Crippen molar-refractivity contribution in [3.8, 4) is 0 Å². The van der Waals surface area contributed by atoms with Gasteiger partial charge in [-0.05, 0) is 55.4 Å². The van der Waals surface area contributed by atoms with Gasteiger partial charge < -0.3 is 11.5 Å². The van der Waals surface area contributed by atoms with Crippen molar-refractivity contribution in [1.82, 2.24) is 0 Å². The highest BCUT2D eigenvalue weighted by Crippen LogP contribution is 2.53. The van der Waals surface area contributed by atoms with E-state index in [4.69, 9.17) is 29.6 Å². The summed E-state index contributed by atoms with van der Waals surface area (Å²) in [5.41, 5.74) is 11.7. The van der Waals surface area contributed by atoms with Gasteiger partial charge in [0, 0.05) is 11.5 Å². The van der Waals surface area contributed by atoms with Gasteiger partial charge in [0.2, 0.25) is 0 Å². The Balaban J connectivity index is 4.86. The maximum absolute atomic E-state index is 12.7. The highest BCUT2D eigenvalue weighted by Gasteiger charge is 2.29. The van der Waals surface area contributed by atoms with Gasteiger partial charge in [0.1, 0.15) is 0 Å². The predicted octanol–water partition coefficient (Wildman–Crippen LogP) is 5.00. The number of amidine groups is 2. The Morgan fingerprint density at radius 1 is 0.667 bits per heavy atom. The molecule has 0 aromatic carbocycles. The van der Waals surface area contributed by atoms with Crippen LogP contribution in [0.4, 0.5) is 0 Å². The van der Waals surface area contributed by atoms with Crippen LogP contribution in [0.25, 0.3) is 0 Å². The monoisotopic (exact) mass is 506 g/mol. The molecule has 14 heteroatoms. The lowest BCUT2D eigenvalue weighted by molar-refractivity contribution is 0.142. The molecule has 0 aromatic rings. The van der Waals surface area contributed by atoms with Crippen LogP contribution in [0.1, 0.15) is 55.4 Å². The quantitative estimate of drug-likeness (QED) is 0.151. The topological polar surface area (TPSA) is 148 Å². The van der Waals surface area contributed by atoms with Crippen molar-refractivity contribution in [2.75, 3.05) is 11.5 Å². The van der Waals surface area contributed by atoms with Crippen molar-refractivity contribution in [3.05, 3.63) is 0 Å². The molecular weight excluding hydrogens is 470 g/mol. The predicted molar refractivity (Wildman–Crippen MR) is 128 cm³/mol. The summed E-state index contributed by atoms with van der Waals surface area (Å²) in [6, 6.07) is 0. The average Bonchev–Trinajstić information content (AvgIpc) is 2.46. The van der Waals surface area contributed by atoms with Gasteiger partial charge in [0.25, 0.3) is 0 Å². The fraction of sp³-hybridized carbons (Fsp3) is 0.875. The molecule has 0 saturated carbocycles. The maximum Gasteiger partial charge on any atom is 0.456 e. The van der Waals surface area contributed by atoms with Crippen molar-refractivity contribution in [2.24, 2.45) is 21.0 Å². The summed E-state index contributed by atoms with van der Waals surface area (Å²) < 4.78 is 54.6. The first-order valence-corrected chi connectivity index (χ1v) is 14.5. The van der Waals surface area contributed by atoms with E-state index in [-0.39, 0.29) is 34.8 Å². The Bertz CT molecular complexity index is 590. The van der Waals surface area contributed by atoms with E-state index in [2.05, 4.69) is 9.53 Å². The van der Waals surface area contributed by atoms with E-state index < -0.39 is 15.5 Å². The normalized spacial score (nSPS) is 14.5. The molecule has 178 valence electrons. The summed E-state index contributed by atoms with van der Waals surface area (Å²) in [5.74, 6) is 0.972. The zero-order valence-electron chi connectivity index (χ0n) is 18.9. The standard InChI is InChI=1S/C16H36N4O6P2S2/c1-11(2)23-27(21,24-12(3)4)19-15(17)29-9-10-30-16(18)20-28(22,25-13(5)6)26-14(7)8/h11-14H,9-10H2,1-8H3,(H2,17,19,21)(H2,18,20,22). The molecule has 0 aliphatic heterocycles. The van der Waals surface area contributed by atoms with E-state index in [0.29, 0.717) is 11.5 Å². The highest BCUT2D eigenvalue weighted by molar-refractivity contribution is 8.17. The summed E-state index contributed by atoms with van der Waals surface area (Å²) in [6.45, 7) is 13.9. The molecule has 0 bridgehead atoms. The molecule has 10 nitrogen and oxygen atoms in total. The van der Waals surface area contributed by atoms with Crippen LogP contribution >= 0.6 is 39.0 Å². The molecule has 0 rings (SSSR count). The van der Waals surface area contributed by atoms with E-state index in [1.165, 1.54) is 23.5 Å². The summed E-state index contributed by atoms with van der Waals surface area (Å²) in [4.78, 5) is 0. The van der Waals surface area contributed by atoms with Gasteiger partial charge in [-0.15, -0.1) is 0 Å². The minimum Gasteiger partial charge on any atom is -0.378 e. The number of nitrogens with zero attached hydrogens (tertiary/aromatic N) is 2. The van der Waals surface area contributed by atoms with Crippen molar-refractivity contribution in [2.45, 2.75) is 79.8 Å². The molecule has 0 aromatic heterocycles. The molecule has 4 N–H and O–H groups in total. The Hall–Kier alpha value is -0.0600. The molecule has 0 fully saturated rings. The van der Waals surface area contributed by atoms with Crippen LogP contribution in [0, 0.1) is 0 Å². The maximum atomic E-state index is 12.7. The lowest BCUT2D eigenvalue weighted by Gasteiger charge is -2.19. The van der Waals surface area contributed by atoms with Gasteiger partial charge >= 0.3 is 15.5 Å². The SMILES string of the molecule is CC(C)OP(=O)(/N=C(\N)SCCS/C(N)=N/P(=O)(OC(C)C)OC(C)C)OC(C)C. The van der Waals surface area contributed by atoms with Crippen molar-refractivity contribution in [3.63, 3.8) is 0 Å². The molecule has 0 aliphatic rings. The average molecular weight is 507 g/mol. The van der Waals surface area contributed by atoms with Crippen LogP contribution in [0.3, 0.4) is 0 Å². The van der Waals surface area contributed by atoms with Crippen LogP contribution in [-0.2, 0) is 27.2 Å². The fourth-order valence-corrected chi connectivity index (χ4v) is 6.85. The fourth-order valence-electron chi connectivity index (χ4n) is 1.80. The van der Waals surface area contributed by atoms with E-state index in [9.17, 15) is 9.13 Å². The summed E-state index contributed by atoms with van der Waals surface area (Å²) in [6.07, 6.45) is -1.34. The molecule has 0 unspecified atom stereocenters. The minimum atomic E-state index is -3.69. The second-order valence-electron chi connectivity index (χ2n) is 7.13. The van der Waals surface area contributed by atoms with Gasteiger partial charge in [0.05, 0.1) is 24.4 Å². The highest BCUT2D eigenvalue weighted by atomic mass is 32.2. The van der Waals surface area contributed by atoms with Crippen LogP contribution in [0.5, 0.6) is 0 Å². The second kappa shape index (κ2) is 14.2. The van der Waals surface area contributed by atoms with Crippen molar-refractivity contribution >= 4 is 49.4 Å². The summed E-state index contributed by atoms with van der Waals surface area (Å²) in [5, 5.41) is 0.153. The number of rotatable bonds is 13. The zero-order chi connectivity index (χ0) is 23.5. The van der Waals surface area contributed by atoms with Gasteiger partial charge in [0.15, 0.2) is 10.3 Å². The molecule has 0 heterocycles. The minimum absolute atomic E-state index is 0.0766. The number of thioether (sulfide) groups is 2. The van der Waals surface area contributed by atoms with E-state index in [1.54, 1.807) is 55.4 Å². The Labute approximate surface area is 188 Å². The molecule has 0 radical (unpaired) electrons. The number of hydrogen-bond donors (Lipinski definition) is 2. The molecule has 0 atom stereocenters. The molecular formula is C16H36N4O6P2S2.